The molecule has 0 aliphatic heterocycles. The Morgan fingerprint density at radius 3 is 2.12 bits per heavy atom. The van der Waals surface area contributed by atoms with Gasteiger partial charge in [-0.15, -0.1) is 0 Å². The maximum atomic E-state index is 15.2. The lowest BCUT2D eigenvalue weighted by molar-refractivity contribution is -0.140. The number of benzene rings is 4. The number of rotatable bonds is 12. The van der Waals surface area contributed by atoms with Gasteiger partial charge < -0.3 is 10.2 Å². The predicted molar refractivity (Wildman–Crippen MR) is 183 cm³/mol. The second-order valence-corrected chi connectivity index (χ2v) is 14.4. The summed E-state index contributed by atoms with van der Waals surface area (Å²) in [5.41, 5.74) is -1.04. The number of amides is 2. The number of hydrogen-bond acceptors (Lipinski definition) is 4. The van der Waals surface area contributed by atoms with Crippen molar-refractivity contribution in [2.75, 3.05) is 10.8 Å². The largest absolute Gasteiger partial charge is 0.416 e. The zero-order valence-electron chi connectivity index (χ0n) is 27.0. The van der Waals surface area contributed by atoms with Gasteiger partial charge in [-0.25, -0.2) is 12.8 Å². The van der Waals surface area contributed by atoms with Crippen LogP contribution in [0.3, 0.4) is 0 Å². The lowest BCUT2D eigenvalue weighted by atomic mass is 9.94. The van der Waals surface area contributed by atoms with Crippen molar-refractivity contribution >= 4 is 39.1 Å². The highest BCUT2D eigenvalue weighted by Crippen LogP contribution is 2.37. The van der Waals surface area contributed by atoms with Gasteiger partial charge in [0, 0.05) is 24.6 Å². The molecule has 0 bridgehead atoms. The zero-order valence-corrected chi connectivity index (χ0v) is 28.5. The van der Waals surface area contributed by atoms with Crippen molar-refractivity contribution in [2.24, 2.45) is 0 Å². The summed E-state index contributed by atoms with van der Waals surface area (Å²) in [5, 5.41) is 2.69. The lowest BCUT2D eigenvalue weighted by Gasteiger charge is -2.35. The van der Waals surface area contributed by atoms with Crippen LogP contribution in [0.1, 0.15) is 48.8 Å². The van der Waals surface area contributed by atoms with E-state index in [1.54, 1.807) is 42.5 Å². The quantitative estimate of drug-likeness (QED) is 0.151. The Kier molecular flexibility index (Phi) is 11.8. The summed E-state index contributed by atoms with van der Waals surface area (Å²) in [6.07, 6.45) is -0.534. The van der Waals surface area contributed by atoms with Crippen LogP contribution in [0.4, 0.5) is 23.2 Å². The molecular weight excluding hydrogens is 694 g/mol. The first kappa shape index (κ1) is 36.9. The van der Waals surface area contributed by atoms with E-state index in [1.165, 1.54) is 42.5 Å². The minimum atomic E-state index is -4.86. The highest BCUT2D eigenvalue weighted by molar-refractivity contribution is 7.92. The maximum Gasteiger partial charge on any atom is 0.416 e. The number of carbonyl (C=O) groups excluding carboxylic acids is 2. The van der Waals surface area contributed by atoms with Crippen molar-refractivity contribution in [3.8, 4) is 0 Å². The van der Waals surface area contributed by atoms with Crippen molar-refractivity contribution in [3.05, 3.63) is 131 Å². The summed E-state index contributed by atoms with van der Waals surface area (Å²) >= 11 is 6.36. The van der Waals surface area contributed by atoms with Crippen molar-refractivity contribution < 1.29 is 35.6 Å². The molecule has 4 aromatic rings. The number of anilines is 1. The van der Waals surface area contributed by atoms with Gasteiger partial charge in [0.25, 0.3) is 10.0 Å². The van der Waals surface area contributed by atoms with Crippen LogP contribution in [0.5, 0.6) is 0 Å². The van der Waals surface area contributed by atoms with E-state index >= 15 is 4.39 Å². The molecule has 2 amide bonds. The SMILES string of the molecule is O=C(NC1CCCCC1)C(Cc1ccccc1)N(Cc1ccccc1F)C(=O)CN(c1cc(C(F)(F)F)ccc1Cl)S(=O)(=O)c1ccccc1. The van der Waals surface area contributed by atoms with Gasteiger partial charge in [0.1, 0.15) is 18.4 Å². The maximum absolute atomic E-state index is 15.2. The highest BCUT2D eigenvalue weighted by Gasteiger charge is 2.38. The van der Waals surface area contributed by atoms with Crippen LogP contribution in [0.2, 0.25) is 5.02 Å². The van der Waals surface area contributed by atoms with Crippen molar-refractivity contribution in [1.29, 1.82) is 0 Å². The monoisotopic (exact) mass is 729 g/mol. The predicted octanol–water partition coefficient (Wildman–Crippen LogP) is 7.78. The molecule has 1 atom stereocenters. The van der Waals surface area contributed by atoms with Gasteiger partial charge in [-0.1, -0.05) is 97.6 Å². The van der Waals surface area contributed by atoms with Crippen LogP contribution in [0, 0.1) is 5.82 Å². The number of sulfonamides is 1. The third kappa shape index (κ3) is 9.02. The van der Waals surface area contributed by atoms with Crippen LogP contribution in [0.25, 0.3) is 0 Å². The summed E-state index contributed by atoms with van der Waals surface area (Å²) in [6, 6.07) is 22.2. The minimum absolute atomic E-state index is 0.00463. The Labute approximate surface area is 293 Å². The molecule has 0 radical (unpaired) electrons. The van der Waals surface area contributed by atoms with Gasteiger partial charge in [-0.2, -0.15) is 13.2 Å². The van der Waals surface area contributed by atoms with Crippen LogP contribution in [0.15, 0.2) is 108 Å². The molecule has 0 aromatic heterocycles. The van der Waals surface area contributed by atoms with Crippen molar-refractivity contribution in [2.45, 2.75) is 68.2 Å². The Balaban J connectivity index is 1.62. The number of halogens is 5. The van der Waals surface area contributed by atoms with Gasteiger partial charge >= 0.3 is 6.18 Å². The van der Waals surface area contributed by atoms with Crippen LogP contribution < -0.4 is 9.62 Å². The average Bonchev–Trinajstić information content (AvgIpc) is 3.10. The fraction of sp³-hybridized carbons (Fsp3) is 0.297. The molecule has 264 valence electrons. The molecule has 7 nitrogen and oxygen atoms in total. The van der Waals surface area contributed by atoms with E-state index in [9.17, 15) is 31.2 Å². The molecule has 50 heavy (non-hydrogen) atoms. The van der Waals surface area contributed by atoms with Gasteiger partial charge in [-0.05, 0) is 54.8 Å². The minimum Gasteiger partial charge on any atom is -0.352 e. The third-order valence-corrected chi connectivity index (χ3v) is 10.8. The van der Waals surface area contributed by atoms with Gasteiger partial charge in [0.05, 0.1) is 21.2 Å². The number of hydrogen-bond donors (Lipinski definition) is 1. The normalized spacial score (nSPS) is 14.5. The van der Waals surface area contributed by atoms with Crippen LogP contribution in [-0.4, -0.2) is 43.8 Å². The molecule has 1 unspecified atom stereocenters. The number of alkyl halides is 3. The Hall–Kier alpha value is -4.42. The van der Waals surface area contributed by atoms with Crippen molar-refractivity contribution in [3.63, 3.8) is 0 Å². The fourth-order valence-electron chi connectivity index (χ4n) is 6.02. The second kappa shape index (κ2) is 16.1. The van der Waals surface area contributed by atoms with E-state index in [-0.39, 0.29) is 27.9 Å². The number of carbonyl (C=O) groups is 2. The zero-order chi connectivity index (χ0) is 35.9. The summed E-state index contributed by atoms with van der Waals surface area (Å²) in [4.78, 5) is 29.5. The first-order valence-electron chi connectivity index (χ1n) is 16.2. The van der Waals surface area contributed by atoms with E-state index in [4.69, 9.17) is 11.6 Å². The van der Waals surface area contributed by atoms with E-state index in [0.717, 1.165) is 43.1 Å². The van der Waals surface area contributed by atoms with Gasteiger partial charge in [0.2, 0.25) is 11.8 Å². The van der Waals surface area contributed by atoms with Gasteiger partial charge in [-0.3, -0.25) is 13.9 Å². The molecule has 0 heterocycles. The number of nitrogens with zero attached hydrogens (tertiary/aromatic N) is 2. The summed E-state index contributed by atoms with van der Waals surface area (Å²) < 4.78 is 85.6. The first-order chi connectivity index (χ1) is 23.8. The van der Waals surface area contributed by atoms with Crippen LogP contribution >= 0.6 is 11.6 Å². The van der Waals surface area contributed by atoms with Crippen molar-refractivity contribution in [1.82, 2.24) is 10.2 Å². The van der Waals surface area contributed by atoms with E-state index in [1.807, 2.05) is 0 Å². The first-order valence-corrected chi connectivity index (χ1v) is 18.0. The Bertz CT molecular complexity index is 1890. The van der Waals surface area contributed by atoms with Crippen LogP contribution in [-0.2, 0) is 38.8 Å². The average molecular weight is 730 g/mol. The topological polar surface area (TPSA) is 86.8 Å². The molecular formula is C37H36ClF4N3O4S. The molecule has 0 spiro atoms. The summed E-state index contributed by atoms with van der Waals surface area (Å²) in [7, 11) is -4.72. The van der Waals surface area contributed by atoms with E-state index < -0.39 is 64.2 Å². The molecule has 1 saturated carbocycles. The molecule has 1 fully saturated rings. The van der Waals surface area contributed by atoms with Gasteiger partial charge in [0.15, 0.2) is 0 Å². The third-order valence-electron chi connectivity index (χ3n) is 8.67. The fourth-order valence-corrected chi connectivity index (χ4v) is 7.74. The smallest absolute Gasteiger partial charge is 0.352 e. The van der Waals surface area contributed by atoms with E-state index in [2.05, 4.69) is 5.32 Å². The Morgan fingerprint density at radius 2 is 1.48 bits per heavy atom. The molecule has 5 rings (SSSR count). The molecule has 13 heteroatoms. The van der Waals surface area contributed by atoms with E-state index in [0.29, 0.717) is 22.0 Å². The second-order valence-electron chi connectivity index (χ2n) is 12.2. The number of nitrogens with one attached hydrogen (secondary N) is 1. The molecule has 0 saturated heterocycles. The highest BCUT2D eigenvalue weighted by atomic mass is 35.5. The lowest BCUT2D eigenvalue weighted by Crippen LogP contribution is -2.55. The molecule has 1 N–H and O–H groups in total. The molecule has 4 aromatic carbocycles. The molecule has 1 aliphatic carbocycles. The summed E-state index contributed by atoms with van der Waals surface area (Å²) in [6.45, 7) is -1.48. The Morgan fingerprint density at radius 1 is 0.860 bits per heavy atom. The standard InChI is InChI=1S/C37H36ClF4N3O4S/c38-31-21-20-28(37(40,41)42)23-33(31)45(50(48,49)30-17-8-3-9-18-30)25-35(46)44(24-27-14-10-11-19-32(27)39)34(22-26-12-4-1-5-13-26)36(47)43-29-15-6-2-7-16-29/h1,3-5,8-14,17-21,23,29,34H,2,6-7,15-16,22,24-25H2,(H,43,47). The molecule has 1 aliphatic rings. The summed E-state index contributed by atoms with van der Waals surface area (Å²) in [5.74, 6) is -2.13.